The quantitative estimate of drug-likeness (QED) is 0.846. The van der Waals surface area contributed by atoms with Crippen LogP contribution in [0.5, 0.6) is 0 Å². The van der Waals surface area contributed by atoms with Gasteiger partial charge in [-0.25, -0.2) is 0 Å². The molecule has 3 nitrogen and oxygen atoms in total. The molecule has 0 spiro atoms. The second kappa shape index (κ2) is 5.90. The largest absolute Gasteiger partial charge is 0.388 e. The second-order valence-electron chi connectivity index (χ2n) is 4.37. The molecule has 0 fully saturated rings. The molecule has 0 aliphatic heterocycles. The van der Waals surface area contributed by atoms with E-state index in [0.717, 1.165) is 6.42 Å². The van der Waals surface area contributed by atoms with Crippen molar-refractivity contribution >= 4 is 17.3 Å². The molecule has 0 saturated carbocycles. The molecule has 0 aromatic heterocycles. The van der Waals surface area contributed by atoms with Crippen molar-refractivity contribution in [3.63, 3.8) is 0 Å². The molecule has 0 bridgehead atoms. The van der Waals surface area contributed by atoms with Crippen LogP contribution in [0.4, 0.5) is 5.69 Å². The zero-order valence-corrected chi connectivity index (χ0v) is 10.9. The zero-order chi connectivity index (χ0) is 12.9. The first-order valence-corrected chi connectivity index (χ1v) is 6.03. The minimum atomic E-state index is -0.774. The van der Waals surface area contributed by atoms with Gasteiger partial charge in [0.1, 0.15) is 6.07 Å². The lowest BCUT2D eigenvalue weighted by Crippen LogP contribution is -2.33. The van der Waals surface area contributed by atoms with Gasteiger partial charge in [-0.15, -0.1) is 0 Å². The lowest BCUT2D eigenvalue weighted by molar-refractivity contribution is 0.0637. The van der Waals surface area contributed by atoms with Gasteiger partial charge in [-0.2, -0.15) is 5.26 Å². The topological polar surface area (TPSA) is 56.0 Å². The van der Waals surface area contributed by atoms with Gasteiger partial charge >= 0.3 is 0 Å². The summed E-state index contributed by atoms with van der Waals surface area (Å²) in [6, 6.07) is 7.29. The Bertz CT molecular complexity index is 424. The van der Waals surface area contributed by atoms with Crippen LogP contribution in [0.15, 0.2) is 18.2 Å². The molecule has 0 saturated heterocycles. The summed E-state index contributed by atoms with van der Waals surface area (Å²) in [6.07, 6.45) is 1.62. The van der Waals surface area contributed by atoms with Gasteiger partial charge in [-0.1, -0.05) is 31.0 Å². The number of hydrogen-bond donors (Lipinski definition) is 2. The summed E-state index contributed by atoms with van der Waals surface area (Å²) in [4.78, 5) is 0. The minimum absolute atomic E-state index is 0.399. The van der Waals surface area contributed by atoms with Crippen LogP contribution >= 0.6 is 11.6 Å². The standard InChI is InChI=1S/C13H17ClN2O/c1-3-7-13(2,17)9-16-12-6-4-5-11(14)10(12)8-15/h4-6,16-17H,3,7,9H2,1-2H3. The second-order valence-corrected chi connectivity index (χ2v) is 4.78. The number of nitriles is 1. The maximum absolute atomic E-state index is 10.0. The molecule has 1 aromatic rings. The molecule has 0 radical (unpaired) electrons. The third-order valence-electron chi connectivity index (χ3n) is 2.57. The highest BCUT2D eigenvalue weighted by atomic mass is 35.5. The Kier molecular flexibility index (Phi) is 4.80. The highest BCUT2D eigenvalue weighted by Crippen LogP contribution is 2.24. The summed E-state index contributed by atoms with van der Waals surface area (Å²) in [7, 11) is 0. The van der Waals surface area contributed by atoms with Crippen molar-refractivity contribution < 1.29 is 5.11 Å². The predicted molar refractivity (Wildman–Crippen MR) is 70.2 cm³/mol. The summed E-state index contributed by atoms with van der Waals surface area (Å²) in [5, 5.41) is 22.5. The summed E-state index contributed by atoms with van der Waals surface area (Å²) in [6.45, 7) is 4.20. The first-order valence-electron chi connectivity index (χ1n) is 5.65. The number of halogens is 1. The van der Waals surface area contributed by atoms with Gasteiger partial charge in [-0.3, -0.25) is 0 Å². The maximum atomic E-state index is 10.0. The predicted octanol–water partition coefficient (Wildman–Crippen LogP) is 3.17. The first kappa shape index (κ1) is 13.8. The number of hydrogen-bond acceptors (Lipinski definition) is 3. The van der Waals surface area contributed by atoms with Crippen LogP contribution in [-0.4, -0.2) is 17.3 Å². The molecule has 0 aliphatic rings. The number of anilines is 1. The fraction of sp³-hybridized carbons (Fsp3) is 0.462. The van der Waals surface area contributed by atoms with Gasteiger partial charge in [-0.05, 0) is 25.5 Å². The molecule has 2 N–H and O–H groups in total. The fourth-order valence-electron chi connectivity index (χ4n) is 1.70. The Hall–Kier alpha value is -1.24. The Morgan fingerprint density at radius 3 is 2.82 bits per heavy atom. The number of nitrogens with zero attached hydrogens (tertiary/aromatic N) is 1. The van der Waals surface area contributed by atoms with E-state index < -0.39 is 5.60 Å². The monoisotopic (exact) mass is 252 g/mol. The van der Waals surface area contributed by atoms with Crippen LogP contribution in [0.1, 0.15) is 32.3 Å². The van der Waals surface area contributed by atoms with Crippen LogP contribution in [0, 0.1) is 11.3 Å². The van der Waals surface area contributed by atoms with Gasteiger partial charge in [0.15, 0.2) is 0 Å². The van der Waals surface area contributed by atoms with E-state index in [4.69, 9.17) is 16.9 Å². The van der Waals surface area contributed by atoms with Crippen LogP contribution < -0.4 is 5.32 Å². The zero-order valence-electron chi connectivity index (χ0n) is 10.1. The minimum Gasteiger partial charge on any atom is -0.388 e. The highest BCUT2D eigenvalue weighted by molar-refractivity contribution is 6.32. The Labute approximate surface area is 107 Å². The van der Waals surface area contributed by atoms with E-state index in [1.165, 1.54) is 0 Å². The molecule has 1 aromatic carbocycles. The van der Waals surface area contributed by atoms with E-state index in [0.29, 0.717) is 29.2 Å². The van der Waals surface area contributed by atoms with Crippen molar-refractivity contribution in [1.82, 2.24) is 0 Å². The van der Waals surface area contributed by atoms with Crippen molar-refractivity contribution in [3.8, 4) is 6.07 Å². The molecule has 0 heterocycles. The van der Waals surface area contributed by atoms with E-state index in [1.807, 2.05) is 6.92 Å². The number of nitrogens with one attached hydrogen (secondary N) is 1. The van der Waals surface area contributed by atoms with Crippen LogP contribution in [0.2, 0.25) is 5.02 Å². The summed E-state index contributed by atoms with van der Waals surface area (Å²) in [5.41, 5.74) is 0.307. The lowest BCUT2D eigenvalue weighted by atomic mass is 10.0. The Morgan fingerprint density at radius 2 is 2.24 bits per heavy atom. The van der Waals surface area contributed by atoms with Crippen molar-refractivity contribution in [1.29, 1.82) is 5.26 Å². The Balaban J connectivity index is 2.77. The van der Waals surface area contributed by atoms with E-state index in [-0.39, 0.29) is 0 Å². The highest BCUT2D eigenvalue weighted by Gasteiger charge is 2.19. The van der Waals surface area contributed by atoms with Gasteiger partial charge in [0.2, 0.25) is 0 Å². The van der Waals surface area contributed by atoms with Gasteiger partial charge in [0, 0.05) is 6.54 Å². The van der Waals surface area contributed by atoms with Crippen LogP contribution in [0.3, 0.4) is 0 Å². The molecule has 1 atom stereocenters. The molecule has 92 valence electrons. The molecule has 1 rings (SSSR count). The molecular weight excluding hydrogens is 236 g/mol. The average molecular weight is 253 g/mol. The van der Waals surface area contributed by atoms with E-state index in [9.17, 15) is 5.11 Å². The van der Waals surface area contributed by atoms with Crippen molar-refractivity contribution in [2.45, 2.75) is 32.3 Å². The van der Waals surface area contributed by atoms with E-state index in [1.54, 1.807) is 25.1 Å². The number of benzene rings is 1. The third-order valence-corrected chi connectivity index (χ3v) is 2.89. The third kappa shape index (κ3) is 3.92. The molecule has 0 amide bonds. The maximum Gasteiger partial charge on any atom is 0.103 e. The average Bonchev–Trinajstić information content (AvgIpc) is 2.26. The van der Waals surface area contributed by atoms with Crippen molar-refractivity contribution in [2.24, 2.45) is 0 Å². The smallest absolute Gasteiger partial charge is 0.103 e. The summed E-state index contributed by atoms with van der Waals surface area (Å²) >= 11 is 5.92. The van der Waals surface area contributed by atoms with Gasteiger partial charge < -0.3 is 10.4 Å². The van der Waals surface area contributed by atoms with E-state index in [2.05, 4.69) is 11.4 Å². The summed E-state index contributed by atoms with van der Waals surface area (Å²) in [5.74, 6) is 0. The molecular formula is C13H17ClN2O. The molecule has 4 heteroatoms. The normalized spacial score (nSPS) is 13.8. The first-order chi connectivity index (χ1) is 8.00. The van der Waals surface area contributed by atoms with Gasteiger partial charge in [0.05, 0.1) is 21.9 Å². The number of rotatable bonds is 5. The van der Waals surface area contributed by atoms with Gasteiger partial charge in [0.25, 0.3) is 0 Å². The molecule has 0 aliphatic carbocycles. The SMILES string of the molecule is CCCC(C)(O)CNc1cccc(Cl)c1C#N. The van der Waals surface area contributed by atoms with Crippen molar-refractivity contribution in [2.75, 3.05) is 11.9 Å². The van der Waals surface area contributed by atoms with Crippen LogP contribution in [0.25, 0.3) is 0 Å². The van der Waals surface area contributed by atoms with Crippen molar-refractivity contribution in [3.05, 3.63) is 28.8 Å². The molecule has 1 unspecified atom stereocenters. The lowest BCUT2D eigenvalue weighted by Gasteiger charge is -2.24. The molecule has 17 heavy (non-hydrogen) atoms. The fourth-order valence-corrected chi connectivity index (χ4v) is 1.91. The van der Waals surface area contributed by atoms with Crippen LogP contribution in [-0.2, 0) is 0 Å². The summed E-state index contributed by atoms with van der Waals surface area (Å²) < 4.78 is 0. The van der Waals surface area contributed by atoms with E-state index >= 15 is 0 Å². The number of aliphatic hydroxyl groups is 1. The Morgan fingerprint density at radius 1 is 1.53 bits per heavy atom.